The highest BCUT2D eigenvalue weighted by molar-refractivity contribution is 6.30. The summed E-state index contributed by atoms with van der Waals surface area (Å²) in [4.78, 5) is 0. The van der Waals surface area contributed by atoms with Gasteiger partial charge in [-0.3, -0.25) is 0 Å². The molecule has 0 spiro atoms. The lowest BCUT2D eigenvalue weighted by atomic mass is 9.82. The van der Waals surface area contributed by atoms with Gasteiger partial charge in [-0.05, 0) is 47.8 Å². The van der Waals surface area contributed by atoms with Gasteiger partial charge in [0.2, 0.25) is 0 Å². The first-order valence-electron chi connectivity index (χ1n) is 6.75. The Balaban J connectivity index is 1.93. The Morgan fingerprint density at radius 3 is 2.79 bits per heavy atom. The fourth-order valence-corrected chi connectivity index (χ4v) is 3.62. The summed E-state index contributed by atoms with van der Waals surface area (Å²) in [7, 11) is 0. The van der Waals surface area contributed by atoms with E-state index in [-0.39, 0.29) is 0 Å². The molecule has 3 rings (SSSR count). The van der Waals surface area contributed by atoms with Crippen molar-refractivity contribution in [3.05, 3.63) is 53.1 Å². The molecule has 1 fully saturated rings. The Morgan fingerprint density at radius 2 is 2.16 bits per heavy atom. The van der Waals surface area contributed by atoms with Gasteiger partial charge in [-0.15, -0.1) is 0 Å². The fraction of sp³-hybridized carbons (Fsp3) is 0.353. The zero-order valence-corrected chi connectivity index (χ0v) is 11.6. The summed E-state index contributed by atoms with van der Waals surface area (Å²) in [6.07, 6.45) is 8.06. The number of nitrogens with zero attached hydrogens (tertiary/aromatic N) is 1. The van der Waals surface area contributed by atoms with E-state index < -0.39 is 0 Å². The SMILES string of the molecule is C[C@@H]1[C@@H](/C=C(\C#N)c2cccc(Cl)c2)[C@H]2C=C[C@H]1C2. The standard InChI is InChI=1S/C17H16ClN/c1-11-12-5-6-14(7-12)17(11)9-15(10-19)13-3-2-4-16(18)8-13/h2-6,8-9,11-12,14,17H,7H2,1H3/b15-9+/t11-,12-,14-,17+/m0/s1. The minimum atomic E-state index is 0.489. The molecular weight excluding hydrogens is 254 g/mol. The lowest BCUT2D eigenvalue weighted by Crippen LogP contribution is -2.14. The van der Waals surface area contributed by atoms with Gasteiger partial charge in [-0.25, -0.2) is 0 Å². The fourth-order valence-electron chi connectivity index (χ4n) is 3.43. The van der Waals surface area contributed by atoms with Gasteiger partial charge >= 0.3 is 0 Å². The molecule has 1 aromatic rings. The van der Waals surface area contributed by atoms with E-state index in [2.05, 4.69) is 31.2 Å². The molecule has 1 nitrogen and oxygen atoms in total. The molecule has 1 aromatic carbocycles. The number of nitriles is 1. The van der Waals surface area contributed by atoms with Crippen LogP contribution in [0.2, 0.25) is 5.02 Å². The zero-order chi connectivity index (χ0) is 13.4. The third-order valence-corrected chi connectivity index (χ3v) is 4.78. The zero-order valence-electron chi connectivity index (χ0n) is 10.9. The van der Waals surface area contributed by atoms with Crippen molar-refractivity contribution in [2.45, 2.75) is 13.3 Å². The molecule has 2 heteroatoms. The van der Waals surface area contributed by atoms with Gasteiger partial charge in [0, 0.05) is 5.02 Å². The summed E-state index contributed by atoms with van der Waals surface area (Å²) < 4.78 is 0. The smallest absolute Gasteiger partial charge is 0.0994 e. The van der Waals surface area contributed by atoms with E-state index in [1.807, 2.05) is 24.3 Å². The summed E-state index contributed by atoms with van der Waals surface area (Å²) in [5.74, 6) is 2.44. The van der Waals surface area contributed by atoms with E-state index in [1.165, 1.54) is 6.42 Å². The lowest BCUT2D eigenvalue weighted by molar-refractivity contribution is 0.404. The molecule has 4 atom stereocenters. The minimum Gasteiger partial charge on any atom is -0.192 e. The summed E-state index contributed by atoms with van der Waals surface area (Å²) in [6, 6.07) is 9.88. The molecule has 2 aliphatic rings. The van der Waals surface area contributed by atoms with Crippen molar-refractivity contribution in [3.8, 4) is 6.07 Å². The van der Waals surface area contributed by atoms with E-state index in [0.29, 0.717) is 28.7 Å². The predicted molar refractivity (Wildman–Crippen MR) is 78.4 cm³/mol. The Hall–Kier alpha value is -1.52. The van der Waals surface area contributed by atoms with E-state index in [4.69, 9.17) is 11.6 Å². The number of halogens is 1. The number of benzene rings is 1. The van der Waals surface area contributed by atoms with Crippen molar-refractivity contribution in [2.75, 3.05) is 0 Å². The average molecular weight is 270 g/mol. The van der Waals surface area contributed by atoms with Crippen LogP contribution < -0.4 is 0 Å². The average Bonchev–Trinajstić information content (AvgIpc) is 2.98. The molecule has 2 bridgehead atoms. The molecule has 0 saturated heterocycles. The summed E-state index contributed by atoms with van der Waals surface area (Å²) in [6.45, 7) is 2.29. The van der Waals surface area contributed by atoms with E-state index in [9.17, 15) is 5.26 Å². The van der Waals surface area contributed by atoms with Crippen LogP contribution in [0.25, 0.3) is 5.57 Å². The maximum atomic E-state index is 9.41. The Kier molecular flexibility index (Phi) is 3.21. The molecule has 0 aliphatic heterocycles. The van der Waals surface area contributed by atoms with Gasteiger partial charge < -0.3 is 0 Å². The number of allylic oxidation sites excluding steroid dienone is 4. The second kappa shape index (κ2) is 4.87. The summed E-state index contributed by atoms with van der Waals surface area (Å²) in [5.41, 5.74) is 1.68. The van der Waals surface area contributed by atoms with Crippen LogP contribution in [0.3, 0.4) is 0 Å². The van der Waals surface area contributed by atoms with Crippen molar-refractivity contribution >= 4 is 17.2 Å². The molecule has 96 valence electrons. The van der Waals surface area contributed by atoms with Crippen molar-refractivity contribution in [2.24, 2.45) is 23.7 Å². The quantitative estimate of drug-likeness (QED) is 0.564. The molecule has 19 heavy (non-hydrogen) atoms. The Bertz CT molecular complexity index is 594. The van der Waals surface area contributed by atoms with Crippen LogP contribution in [0.5, 0.6) is 0 Å². The number of hydrogen-bond acceptors (Lipinski definition) is 1. The molecule has 0 unspecified atom stereocenters. The highest BCUT2D eigenvalue weighted by Crippen LogP contribution is 2.49. The van der Waals surface area contributed by atoms with Gasteiger partial charge in [0.05, 0.1) is 11.6 Å². The predicted octanol–water partition coefficient (Wildman–Crippen LogP) is 4.71. The Labute approximate surface area is 119 Å². The number of hydrogen-bond donors (Lipinski definition) is 0. The van der Waals surface area contributed by atoms with Gasteiger partial charge in [0.15, 0.2) is 0 Å². The maximum absolute atomic E-state index is 9.41. The molecule has 0 aromatic heterocycles. The van der Waals surface area contributed by atoms with E-state index in [1.54, 1.807) is 0 Å². The molecular formula is C17H16ClN. The topological polar surface area (TPSA) is 23.8 Å². The van der Waals surface area contributed by atoms with Crippen LogP contribution in [0, 0.1) is 35.0 Å². The van der Waals surface area contributed by atoms with Crippen molar-refractivity contribution in [1.82, 2.24) is 0 Å². The highest BCUT2D eigenvalue weighted by atomic mass is 35.5. The van der Waals surface area contributed by atoms with E-state index >= 15 is 0 Å². The van der Waals surface area contributed by atoms with Crippen LogP contribution in [-0.4, -0.2) is 0 Å². The lowest BCUT2D eigenvalue weighted by Gasteiger charge is -2.22. The molecule has 2 aliphatic carbocycles. The first-order chi connectivity index (χ1) is 9.19. The van der Waals surface area contributed by atoms with E-state index in [0.717, 1.165) is 11.1 Å². The molecule has 0 radical (unpaired) electrons. The van der Waals surface area contributed by atoms with Crippen molar-refractivity contribution in [3.63, 3.8) is 0 Å². The summed E-state index contributed by atoms with van der Waals surface area (Å²) >= 11 is 6.01. The third-order valence-electron chi connectivity index (χ3n) is 4.54. The largest absolute Gasteiger partial charge is 0.192 e. The van der Waals surface area contributed by atoms with Gasteiger partial charge in [0.25, 0.3) is 0 Å². The Morgan fingerprint density at radius 1 is 1.37 bits per heavy atom. The van der Waals surface area contributed by atoms with Crippen LogP contribution in [0.1, 0.15) is 18.9 Å². The molecule has 0 heterocycles. The van der Waals surface area contributed by atoms with Gasteiger partial charge in [-0.2, -0.15) is 5.26 Å². The summed E-state index contributed by atoms with van der Waals surface area (Å²) in [5, 5.41) is 10.1. The van der Waals surface area contributed by atoms with Crippen LogP contribution >= 0.6 is 11.6 Å². The van der Waals surface area contributed by atoms with Crippen LogP contribution in [-0.2, 0) is 0 Å². The minimum absolute atomic E-state index is 0.489. The van der Waals surface area contributed by atoms with Gasteiger partial charge in [0.1, 0.15) is 0 Å². The first kappa shape index (κ1) is 12.5. The number of rotatable bonds is 2. The van der Waals surface area contributed by atoms with Crippen molar-refractivity contribution < 1.29 is 0 Å². The number of fused-ring (bicyclic) bond motifs is 2. The maximum Gasteiger partial charge on any atom is 0.0994 e. The first-order valence-corrected chi connectivity index (χ1v) is 7.13. The van der Waals surface area contributed by atoms with Crippen LogP contribution in [0.15, 0.2) is 42.5 Å². The monoisotopic (exact) mass is 269 g/mol. The van der Waals surface area contributed by atoms with Crippen LogP contribution in [0.4, 0.5) is 0 Å². The highest BCUT2D eigenvalue weighted by Gasteiger charge is 2.40. The second-order valence-electron chi connectivity index (χ2n) is 5.59. The third kappa shape index (κ3) is 2.22. The second-order valence-corrected chi connectivity index (χ2v) is 6.02. The normalized spacial score (nSPS) is 32.6. The molecule has 1 saturated carbocycles. The van der Waals surface area contributed by atoms with Crippen molar-refractivity contribution in [1.29, 1.82) is 5.26 Å². The van der Waals surface area contributed by atoms with Gasteiger partial charge in [-0.1, -0.05) is 48.9 Å². The molecule has 0 amide bonds. The molecule has 0 N–H and O–H groups in total.